The summed E-state index contributed by atoms with van der Waals surface area (Å²) >= 11 is 0. The summed E-state index contributed by atoms with van der Waals surface area (Å²) in [6, 6.07) is 9.29. The molecule has 1 amide bonds. The highest BCUT2D eigenvalue weighted by molar-refractivity contribution is 5.76. The van der Waals surface area contributed by atoms with Gasteiger partial charge < -0.3 is 19.5 Å². The highest BCUT2D eigenvalue weighted by Gasteiger charge is 2.27. The van der Waals surface area contributed by atoms with Crippen LogP contribution in [0.1, 0.15) is 40.2 Å². The lowest BCUT2D eigenvalue weighted by molar-refractivity contribution is -0.153. The summed E-state index contributed by atoms with van der Waals surface area (Å²) in [5.74, 6) is -0.130. The van der Waals surface area contributed by atoms with Gasteiger partial charge >= 0.3 is 12.1 Å². The van der Waals surface area contributed by atoms with E-state index in [1.807, 2.05) is 76.9 Å². The highest BCUT2D eigenvalue weighted by atomic mass is 16.6. The quantitative estimate of drug-likeness (QED) is 0.447. The van der Waals surface area contributed by atoms with Crippen LogP contribution in [0.15, 0.2) is 30.3 Å². The average molecular weight is 409 g/mol. The fraction of sp³-hybridized carbons (Fsp3) is 0.636. The van der Waals surface area contributed by atoms with Crippen LogP contribution in [-0.4, -0.2) is 62.0 Å². The van der Waals surface area contributed by atoms with Crippen LogP contribution in [-0.2, 0) is 25.6 Å². The van der Waals surface area contributed by atoms with Gasteiger partial charge in [0.25, 0.3) is 0 Å². The van der Waals surface area contributed by atoms with Gasteiger partial charge in [0.1, 0.15) is 18.2 Å². The molecule has 0 spiro atoms. The first-order valence-corrected chi connectivity index (χ1v) is 10.1. The Hall–Kier alpha value is -2.12. The molecule has 7 nitrogen and oxygen atoms in total. The van der Waals surface area contributed by atoms with Gasteiger partial charge in [-0.05, 0) is 39.3 Å². The minimum absolute atomic E-state index is 0.108. The van der Waals surface area contributed by atoms with E-state index >= 15 is 0 Å². The summed E-state index contributed by atoms with van der Waals surface area (Å²) in [4.78, 5) is 26.1. The molecule has 0 fully saturated rings. The number of benzene rings is 1. The number of nitrogens with zero attached hydrogens (tertiary/aromatic N) is 1. The Kier molecular flexibility index (Phi) is 10.7. The third-order valence-electron chi connectivity index (χ3n) is 4.07. The predicted molar refractivity (Wildman–Crippen MR) is 113 cm³/mol. The third-order valence-corrected chi connectivity index (χ3v) is 4.07. The summed E-state index contributed by atoms with van der Waals surface area (Å²) in [5, 5.41) is 2.64. The number of hydrogen-bond acceptors (Lipinski definition) is 6. The molecule has 0 saturated carbocycles. The fourth-order valence-electron chi connectivity index (χ4n) is 2.76. The maximum Gasteiger partial charge on any atom is 0.407 e. The van der Waals surface area contributed by atoms with E-state index in [0.29, 0.717) is 26.3 Å². The molecular formula is C22H36N2O5. The number of hydrogen-bond donors (Lipinski definition) is 1. The van der Waals surface area contributed by atoms with Gasteiger partial charge in [-0.15, -0.1) is 0 Å². The smallest absolute Gasteiger partial charge is 0.407 e. The van der Waals surface area contributed by atoms with E-state index in [1.165, 1.54) is 0 Å². The molecule has 29 heavy (non-hydrogen) atoms. The lowest BCUT2D eigenvalue weighted by atomic mass is 10.0. The van der Waals surface area contributed by atoms with Gasteiger partial charge in [-0.1, -0.05) is 44.2 Å². The molecule has 1 aromatic rings. The van der Waals surface area contributed by atoms with Crippen LogP contribution < -0.4 is 5.32 Å². The SMILES string of the molecule is CC(C)C(C(=O)OCc1ccccc1)N(C)CCOCCNC(=O)OC(C)(C)C. The Morgan fingerprint density at radius 2 is 1.76 bits per heavy atom. The minimum atomic E-state index is -0.519. The number of carbonyl (C=O) groups is 2. The second kappa shape index (κ2) is 12.4. The number of amides is 1. The summed E-state index contributed by atoms with van der Waals surface area (Å²) in [6.45, 7) is 11.5. The van der Waals surface area contributed by atoms with E-state index in [9.17, 15) is 9.59 Å². The number of carbonyl (C=O) groups excluding carboxylic acids is 2. The van der Waals surface area contributed by atoms with Crippen LogP contribution >= 0.6 is 0 Å². The Labute approximate surface area is 174 Å². The van der Waals surface area contributed by atoms with Crippen molar-refractivity contribution in [3.63, 3.8) is 0 Å². The first-order valence-electron chi connectivity index (χ1n) is 10.1. The van der Waals surface area contributed by atoms with E-state index in [0.717, 1.165) is 5.56 Å². The van der Waals surface area contributed by atoms with Crippen LogP contribution in [0.2, 0.25) is 0 Å². The zero-order chi connectivity index (χ0) is 21.9. The van der Waals surface area contributed by atoms with Crippen LogP contribution in [0.3, 0.4) is 0 Å². The van der Waals surface area contributed by atoms with Crippen molar-refractivity contribution in [2.75, 3.05) is 33.4 Å². The first-order chi connectivity index (χ1) is 13.6. The van der Waals surface area contributed by atoms with Crippen LogP contribution in [0.4, 0.5) is 4.79 Å². The maximum absolute atomic E-state index is 12.6. The number of likely N-dealkylation sites (N-methyl/N-ethyl adjacent to an activating group) is 1. The van der Waals surface area contributed by atoms with Crippen molar-refractivity contribution in [2.45, 2.75) is 52.9 Å². The fourth-order valence-corrected chi connectivity index (χ4v) is 2.76. The van der Waals surface area contributed by atoms with Gasteiger partial charge in [-0.2, -0.15) is 0 Å². The standard InChI is InChI=1S/C22H36N2O5/c1-17(2)19(20(25)28-16-18-10-8-7-9-11-18)24(6)13-15-27-14-12-23-21(26)29-22(3,4)5/h7-11,17,19H,12-16H2,1-6H3,(H,23,26). The van der Waals surface area contributed by atoms with Crippen molar-refractivity contribution in [3.8, 4) is 0 Å². The van der Waals surface area contributed by atoms with Crippen molar-refractivity contribution in [1.82, 2.24) is 10.2 Å². The highest BCUT2D eigenvalue weighted by Crippen LogP contribution is 2.13. The molecule has 1 N–H and O–H groups in total. The van der Waals surface area contributed by atoms with Crippen molar-refractivity contribution in [3.05, 3.63) is 35.9 Å². The molecule has 0 aliphatic heterocycles. The second-order valence-corrected chi connectivity index (χ2v) is 8.30. The maximum atomic E-state index is 12.6. The largest absolute Gasteiger partial charge is 0.460 e. The molecule has 0 aliphatic carbocycles. The van der Waals surface area contributed by atoms with Gasteiger partial charge in [-0.25, -0.2) is 4.79 Å². The lowest BCUT2D eigenvalue weighted by Gasteiger charge is -2.29. The zero-order valence-electron chi connectivity index (χ0n) is 18.6. The number of ether oxygens (including phenoxy) is 3. The summed E-state index contributed by atoms with van der Waals surface area (Å²) in [5.41, 5.74) is 0.445. The predicted octanol–water partition coefficient (Wildman–Crippen LogP) is 3.23. The van der Waals surface area contributed by atoms with E-state index < -0.39 is 11.7 Å². The van der Waals surface area contributed by atoms with Gasteiger partial charge in [0.2, 0.25) is 0 Å². The number of nitrogens with one attached hydrogen (secondary N) is 1. The Balaban J connectivity index is 2.30. The van der Waals surface area contributed by atoms with E-state index in [-0.39, 0.29) is 24.5 Å². The minimum Gasteiger partial charge on any atom is -0.460 e. The summed E-state index contributed by atoms with van der Waals surface area (Å²) in [6.07, 6.45) is -0.459. The van der Waals surface area contributed by atoms with E-state index in [1.54, 1.807) is 0 Å². The molecule has 7 heteroatoms. The van der Waals surface area contributed by atoms with E-state index in [2.05, 4.69) is 5.32 Å². The molecule has 164 valence electrons. The molecule has 0 bridgehead atoms. The normalized spacial score (nSPS) is 12.7. The Bertz CT molecular complexity index is 613. The first kappa shape index (κ1) is 24.9. The number of esters is 1. The molecule has 1 aromatic carbocycles. The second-order valence-electron chi connectivity index (χ2n) is 8.30. The zero-order valence-corrected chi connectivity index (χ0v) is 18.6. The third kappa shape index (κ3) is 10.9. The molecule has 0 heterocycles. The molecule has 1 atom stereocenters. The topological polar surface area (TPSA) is 77.1 Å². The molecule has 1 unspecified atom stereocenters. The molecule has 0 radical (unpaired) electrons. The monoisotopic (exact) mass is 408 g/mol. The van der Waals surface area contributed by atoms with Crippen molar-refractivity contribution in [1.29, 1.82) is 0 Å². The summed E-state index contributed by atoms with van der Waals surface area (Å²) in [7, 11) is 1.89. The van der Waals surface area contributed by atoms with Crippen LogP contribution in [0, 0.1) is 5.92 Å². The molecule has 1 rings (SSSR count). The average Bonchev–Trinajstić information content (AvgIpc) is 2.62. The Morgan fingerprint density at radius 1 is 1.10 bits per heavy atom. The van der Waals surface area contributed by atoms with Gasteiger partial charge in [-0.3, -0.25) is 9.69 Å². The molecule has 0 aromatic heterocycles. The number of alkyl carbamates (subject to hydrolysis) is 1. The van der Waals surface area contributed by atoms with Crippen molar-refractivity contribution >= 4 is 12.1 Å². The van der Waals surface area contributed by atoms with Gasteiger partial charge in [0.15, 0.2) is 0 Å². The van der Waals surface area contributed by atoms with Crippen LogP contribution in [0.5, 0.6) is 0 Å². The number of rotatable bonds is 11. The van der Waals surface area contributed by atoms with E-state index in [4.69, 9.17) is 14.2 Å². The Morgan fingerprint density at radius 3 is 2.34 bits per heavy atom. The van der Waals surface area contributed by atoms with Crippen molar-refractivity contribution in [2.24, 2.45) is 5.92 Å². The lowest BCUT2D eigenvalue weighted by Crippen LogP contribution is -2.45. The molecular weight excluding hydrogens is 372 g/mol. The molecule has 0 saturated heterocycles. The van der Waals surface area contributed by atoms with Crippen molar-refractivity contribution < 1.29 is 23.8 Å². The van der Waals surface area contributed by atoms with Gasteiger partial charge in [0.05, 0.1) is 13.2 Å². The summed E-state index contributed by atoms with van der Waals surface area (Å²) < 4.78 is 16.2. The van der Waals surface area contributed by atoms with Crippen LogP contribution in [0.25, 0.3) is 0 Å². The van der Waals surface area contributed by atoms with Gasteiger partial charge in [0, 0.05) is 13.1 Å². The molecule has 0 aliphatic rings.